The van der Waals surface area contributed by atoms with Crippen LogP contribution in [-0.2, 0) is 12.8 Å². The van der Waals surface area contributed by atoms with Crippen molar-refractivity contribution in [2.75, 3.05) is 0 Å². The maximum Gasteiger partial charge on any atom is 0.336 e. The fraction of sp³-hybridized carbons (Fsp3) is 0.182. The maximum atomic E-state index is 11.1. The molecular formula is C11H10BrN3O2S. The first-order valence-corrected chi connectivity index (χ1v) is 6.84. The SMILES string of the molecule is Cn1ncnc1CSc1cc(Br)ccc1C(=O)O. The smallest absolute Gasteiger partial charge is 0.336 e. The molecule has 5 nitrogen and oxygen atoms in total. The van der Waals surface area contributed by atoms with E-state index in [1.807, 2.05) is 7.05 Å². The Labute approximate surface area is 116 Å². The molecule has 0 aliphatic heterocycles. The summed E-state index contributed by atoms with van der Waals surface area (Å²) in [6.07, 6.45) is 1.48. The minimum atomic E-state index is -0.928. The third-order valence-electron chi connectivity index (χ3n) is 2.34. The second-order valence-electron chi connectivity index (χ2n) is 3.53. The average Bonchev–Trinajstić information content (AvgIpc) is 2.72. The highest BCUT2D eigenvalue weighted by Gasteiger charge is 2.12. The third-order valence-corrected chi connectivity index (χ3v) is 3.88. The van der Waals surface area contributed by atoms with Crippen molar-refractivity contribution in [2.45, 2.75) is 10.6 Å². The van der Waals surface area contributed by atoms with E-state index < -0.39 is 5.97 Å². The number of carboxylic acid groups (broad SMARTS) is 1. The van der Waals surface area contributed by atoms with Gasteiger partial charge in [-0.1, -0.05) is 15.9 Å². The van der Waals surface area contributed by atoms with Gasteiger partial charge >= 0.3 is 5.97 Å². The predicted molar refractivity (Wildman–Crippen MR) is 71.7 cm³/mol. The lowest BCUT2D eigenvalue weighted by atomic mass is 10.2. The fourth-order valence-corrected chi connectivity index (χ4v) is 2.97. The molecule has 1 N–H and O–H groups in total. The van der Waals surface area contributed by atoms with Crippen LogP contribution in [0.4, 0.5) is 0 Å². The average molecular weight is 328 g/mol. The van der Waals surface area contributed by atoms with Gasteiger partial charge in [0, 0.05) is 16.4 Å². The van der Waals surface area contributed by atoms with Crippen molar-refractivity contribution in [3.63, 3.8) is 0 Å². The molecule has 2 aromatic rings. The molecule has 0 saturated heterocycles. The van der Waals surface area contributed by atoms with Crippen molar-refractivity contribution in [1.82, 2.24) is 14.8 Å². The number of aromatic carboxylic acids is 1. The molecule has 2 rings (SSSR count). The molecule has 0 unspecified atom stereocenters. The Kier molecular flexibility index (Phi) is 4.03. The van der Waals surface area contributed by atoms with Gasteiger partial charge in [-0.15, -0.1) is 11.8 Å². The fourth-order valence-electron chi connectivity index (χ4n) is 1.39. The quantitative estimate of drug-likeness (QED) is 0.874. The zero-order valence-corrected chi connectivity index (χ0v) is 11.9. The molecule has 0 fully saturated rings. The molecule has 94 valence electrons. The highest BCUT2D eigenvalue weighted by molar-refractivity contribution is 9.10. The number of nitrogens with zero attached hydrogens (tertiary/aromatic N) is 3. The number of aryl methyl sites for hydroxylation is 1. The normalized spacial score (nSPS) is 10.6. The van der Waals surface area contributed by atoms with Crippen LogP contribution in [0.25, 0.3) is 0 Å². The lowest BCUT2D eigenvalue weighted by molar-refractivity contribution is 0.0693. The molecule has 0 bridgehead atoms. The highest BCUT2D eigenvalue weighted by Crippen LogP contribution is 2.28. The summed E-state index contributed by atoms with van der Waals surface area (Å²) in [6.45, 7) is 0. The van der Waals surface area contributed by atoms with Crippen molar-refractivity contribution in [3.8, 4) is 0 Å². The van der Waals surface area contributed by atoms with Crippen LogP contribution in [0.2, 0.25) is 0 Å². The van der Waals surface area contributed by atoms with Gasteiger partial charge in [-0.3, -0.25) is 4.68 Å². The van der Waals surface area contributed by atoms with Crippen LogP contribution in [0, 0.1) is 0 Å². The first-order valence-electron chi connectivity index (χ1n) is 5.06. The Morgan fingerprint density at radius 3 is 2.94 bits per heavy atom. The lowest BCUT2D eigenvalue weighted by Crippen LogP contribution is -2.01. The number of carboxylic acids is 1. The third kappa shape index (κ3) is 2.91. The Morgan fingerprint density at radius 1 is 1.56 bits per heavy atom. The van der Waals surface area contributed by atoms with Gasteiger partial charge in [-0.05, 0) is 18.2 Å². The second-order valence-corrected chi connectivity index (χ2v) is 5.47. The van der Waals surface area contributed by atoms with Crippen molar-refractivity contribution >= 4 is 33.7 Å². The summed E-state index contributed by atoms with van der Waals surface area (Å²) in [6, 6.07) is 5.10. The number of hydrogen-bond donors (Lipinski definition) is 1. The van der Waals surface area contributed by atoms with E-state index in [1.165, 1.54) is 18.1 Å². The van der Waals surface area contributed by atoms with Gasteiger partial charge in [0.1, 0.15) is 12.2 Å². The lowest BCUT2D eigenvalue weighted by Gasteiger charge is -2.06. The molecule has 0 aliphatic rings. The Hall–Kier alpha value is -1.34. The number of hydrogen-bond acceptors (Lipinski definition) is 4. The van der Waals surface area contributed by atoms with E-state index in [0.29, 0.717) is 16.2 Å². The van der Waals surface area contributed by atoms with Crippen molar-refractivity contribution < 1.29 is 9.90 Å². The van der Waals surface area contributed by atoms with Gasteiger partial charge in [-0.25, -0.2) is 9.78 Å². The highest BCUT2D eigenvalue weighted by atomic mass is 79.9. The molecule has 0 atom stereocenters. The predicted octanol–water partition coefficient (Wildman–Crippen LogP) is 2.57. The van der Waals surface area contributed by atoms with Crippen molar-refractivity contribution in [3.05, 3.63) is 40.4 Å². The van der Waals surface area contributed by atoms with Crippen LogP contribution < -0.4 is 0 Å². The number of benzene rings is 1. The van der Waals surface area contributed by atoms with Crippen LogP contribution in [0.1, 0.15) is 16.2 Å². The molecule has 0 radical (unpaired) electrons. The van der Waals surface area contributed by atoms with E-state index in [4.69, 9.17) is 5.11 Å². The Bertz CT molecular complexity index is 585. The number of carbonyl (C=O) groups is 1. The zero-order valence-electron chi connectivity index (χ0n) is 9.50. The number of aromatic nitrogens is 3. The number of halogens is 1. The van der Waals surface area contributed by atoms with Gasteiger partial charge in [0.15, 0.2) is 0 Å². The largest absolute Gasteiger partial charge is 0.478 e. The van der Waals surface area contributed by atoms with Crippen LogP contribution >= 0.6 is 27.7 Å². The monoisotopic (exact) mass is 327 g/mol. The van der Waals surface area contributed by atoms with E-state index in [2.05, 4.69) is 26.0 Å². The van der Waals surface area contributed by atoms with Gasteiger partial charge in [0.05, 0.1) is 11.3 Å². The summed E-state index contributed by atoms with van der Waals surface area (Å²) < 4.78 is 2.53. The van der Waals surface area contributed by atoms with Gasteiger partial charge in [-0.2, -0.15) is 5.10 Å². The van der Waals surface area contributed by atoms with Crippen LogP contribution in [0.15, 0.2) is 33.9 Å². The summed E-state index contributed by atoms with van der Waals surface area (Å²) in [5.74, 6) is 0.451. The molecule has 0 aliphatic carbocycles. The summed E-state index contributed by atoms with van der Waals surface area (Å²) in [5.41, 5.74) is 0.297. The zero-order chi connectivity index (χ0) is 13.1. The van der Waals surface area contributed by atoms with E-state index in [0.717, 1.165) is 10.3 Å². The standard InChI is InChI=1S/C11H10BrN3O2S/c1-15-10(13-6-14-15)5-18-9-4-7(12)2-3-8(9)11(16)17/h2-4,6H,5H2,1H3,(H,16,17). The molecule has 7 heteroatoms. The molecule has 1 heterocycles. The minimum Gasteiger partial charge on any atom is -0.478 e. The molecule has 18 heavy (non-hydrogen) atoms. The number of rotatable bonds is 4. The van der Waals surface area contributed by atoms with Crippen LogP contribution in [-0.4, -0.2) is 25.8 Å². The maximum absolute atomic E-state index is 11.1. The molecule has 0 saturated carbocycles. The molecule has 0 spiro atoms. The molecule has 0 amide bonds. The van der Waals surface area contributed by atoms with E-state index >= 15 is 0 Å². The minimum absolute atomic E-state index is 0.297. The summed E-state index contributed by atoms with van der Waals surface area (Å²) in [7, 11) is 1.81. The summed E-state index contributed by atoms with van der Waals surface area (Å²) in [5, 5.41) is 13.1. The first kappa shape index (κ1) is 13.1. The molecular weight excluding hydrogens is 318 g/mol. The van der Waals surface area contributed by atoms with Gasteiger partial charge in [0.25, 0.3) is 0 Å². The Morgan fingerprint density at radius 2 is 2.33 bits per heavy atom. The van der Waals surface area contributed by atoms with E-state index in [9.17, 15) is 4.79 Å². The van der Waals surface area contributed by atoms with E-state index in [1.54, 1.807) is 22.9 Å². The van der Waals surface area contributed by atoms with Gasteiger partial charge in [0.2, 0.25) is 0 Å². The number of thioether (sulfide) groups is 1. The molecule has 1 aromatic carbocycles. The van der Waals surface area contributed by atoms with E-state index in [-0.39, 0.29) is 0 Å². The second kappa shape index (κ2) is 5.53. The topological polar surface area (TPSA) is 68.0 Å². The summed E-state index contributed by atoms with van der Waals surface area (Å²) >= 11 is 4.77. The van der Waals surface area contributed by atoms with Crippen LogP contribution in [0.5, 0.6) is 0 Å². The van der Waals surface area contributed by atoms with Gasteiger partial charge < -0.3 is 5.11 Å². The van der Waals surface area contributed by atoms with Crippen LogP contribution in [0.3, 0.4) is 0 Å². The Balaban J connectivity index is 2.20. The summed E-state index contributed by atoms with van der Waals surface area (Å²) in [4.78, 5) is 15.9. The first-order chi connectivity index (χ1) is 8.58. The molecule has 1 aromatic heterocycles. The van der Waals surface area contributed by atoms with Crippen molar-refractivity contribution in [1.29, 1.82) is 0 Å². The van der Waals surface area contributed by atoms with Crippen molar-refractivity contribution in [2.24, 2.45) is 7.05 Å².